The predicted molar refractivity (Wildman–Crippen MR) is 47.6 cm³/mol. The maximum absolute atomic E-state index is 12.7. The Bertz CT molecular complexity index is 432. The third-order valence-corrected chi connectivity index (χ3v) is 1.52. The van der Waals surface area contributed by atoms with Gasteiger partial charge in [-0.2, -0.15) is 5.26 Å². The second-order valence-corrected chi connectivity index (χ2v) is 2.52. The standard InChI is InChI=1S/C10H6FNO2/c11-9-3-1-2-7(4-9)8(6-12)5-10(13)14/h1-5H,(H,13,14). The fourth-order valence-corrected chi connectivity index (χ4v) is 0.960. The van der Waals surface area contributed by atoms with Crippen molar-refractivity contribution >= 4 is 11.5 Å². The molecule has 1 rings (SSSR count). The zero-order valence-electron chi connectivity index (χ0n) is 7.07. The third-order valence-electron chi connectivity index (χ3n) is 1.52. The van der Waals surface area contributed by atoms with Crippen LogP contribution >= 0.6 is 0 Å². The van der Waals surface area contributed by atoms with Gasteiger partial charge >= 0.3 is 5.97 Å². The van der Waals surface area contributed by atoms with Crippen molar-refractivity contribution in [2.24, 2.45) is 0 Å². The molecular formula is C10H6FNO2. The van der Waals surface area contributed by atoms with Gasteiger partial charge in [0.05, 0.1) is 5.57 Å². The largest absolute Gasteiger partial charge is 0.478 e. The van der Waals surface area contributed by atoms with E-state index in [1.54, 1.807) is 6.07 Å². The van der Waals surface area contributed by atoms with Gasteiger partial charge in [0, 0.05) is 6.08 Å². The number of aliphatic carboxylic acids is 1. The zero-order chi connectivity index (χ0) is 10.6. The highest BCUT2D eigenvalue weighted by Gasteiger charge is 2.03. The molecule has 14 heavy (non-hydrogen) atoms. The molecule has 0 spiro atoms. The highest BCUT2D eigenvalue weighted by Crippen LogP contribution is 2.14. The summed E-state index contributed by atoms with van der Waals surface area (Å²) in [4.78, 5) is 10.3. The summed E-state index contributed by atoms with van der Waals surface area (Å²) >= 11 is 0. The molecule has 0 aliphatic rings. The van der Waals surface area contributed by atoms with Crippen LogP contribution in [0.15, 0.2) is 30.3 Å². The van der Waals surface area contributed by atoms with Gasteiger partial charge in [-0.25, -0.2) is 9.18 Å². The van der Waals surface area contributed by atoms with E-state index in [1.165, 1.54) is 18.2 Å². The summed E-state index contributed by atoms with van der Waals surface area (Å²) in [6.45, 7) is 0. The molecule has 0 aliphatic heterocycles. The molecule has 0 radical (unpaired) electrons. The van der Waals surface area contributed by atoms with Crippen molar-refractivity contribution in [2.45, 2.75) is 0 Å². The average molecular weight is 191 g/mol. The summed E-state index contributed by atoms with van der Waals surface area (Å²) in [5.41, 5.74) is 0.187. The van der Waals surface area contributed by atoms with Crippen LogP contribution < -0.4 is 0 Å². The number of carbonyl (C=O) groups is 1. The van der Waals surface area contributed by atoms with E-state index in [2.05, 4.69) is 0 Å². The van der Waals surface area contributed by atoms with E-state index in [1.807, 2.05) is 0 Å². The summed E-state index contributed by atoms with van der Waals surface area (Å²) in [5, 5.41) is 17.0. The maximum Gasteiger partial charge on any atom is 0.329 e. The first-order valence-electron chi connectivity index (χ1n) is 3.74. The molecule has 0 fully saturated rings. The molecule has 0 atom stereocenters. The number of carboxylic acid groups (broad SMARTS) is 1. The van der Waals surface area contributed by atoms with Crippen LogP contribution in [0.4, 0.5) is 4.39 Å². The van der Waals surface area contributed by atoms with E-state index in [-0.39, 0.29) is 11.1 Å². The molecule has 0 unspecified atom stereocenters. The lowest BCUT2D eigenvalue weighted by atomic mass is 10.1. The second kappa shape index (κ2) is 4.19. The molecule has 0 bridgehead atoms. The van der Waals surface area contributed by atoms with Crippen molar-refractivity contribution in [2.75, 3.05) is 0 Å². The summed E-state index contributed by atoms with van der Waals surface area (Å²) in [6.07, 6.45) is 0.745. The normalized spacial score (nSPS) is 10.7. The van der Waals surface area contributed by atoms with Crippen LogP contribution in [0.1, 0.15) is 5.56 Å². The Morgan fingerprint density at radius 3 is 2.79 bits per heavy atom. The molecule has 0 heterocycles. The van der Waals surface area contributed by atoms with E-state index in [4.69, 9.17) is 10.4 Å². The number of hydrogen-bond acceptors (Lipinski definition) is 2. The van der Waals surface area contributed by atoms with Crippen LogP contribution in [0.2, 0.25) is 0 Å². The van der Waals surface area contributed by atoms with Gasteiger partial charge in [-0.1, -0.05) is 12.1 Å². The first-order chi connectivity index (χ1) is 6.63. The molecule has 3 nitrogen and oxygen atoms in total. The molecule has 1 N–H and O–H groups in total. The molecule has 0 aromatic heterocycles. The molecule has 1 aromatic carbocycles. The zero-order valence-corrected chi connectivity index (χ0v) is 7.07. The molecule has 0 amide bonds. The molecule has 0 saturated heterocycles. The van der Waals surface area contributed by atoms with Gasteiger partial charge in [0.1, 0.15) is 11.9 Å². The summed E-state index contributed by atoms with van der Waals surface area (Å²) < 4.78 is 12.7. The highest BCUT2D eigenvalue weighted by atomic mass is 19.1. The van der Waals surface area contributed by atoms with Crippen molar-refractivity contribution in [3.8, 4) is 6.07 Å². The van der Waals surface area contributed by atoms with Crippen molar-refractivity contribution in [1.82, 2.24) is 0 Å². The smallest absolute Gasteiger partial charge is 0.329 e. The first-order valence-corrected chi connectivity index (χ1v) is 3.74. The van der Waals surface area contributed by atoms with Gasteiger partial charge in [-0.05, 0) is 17.7 Å². The number of halogens is 1. The number of rotatable bonds is 2. The fraction of sp³-hybridized carbons (Fsp3) is 0. The van der Waals surface area contributed by atoms with Gasteiger partial charge in [0.25, 0.3) is 0 Å². The molecular weight excluding hydrogens is 185 g/mol. The number of hydrogen-bond donors (Lipinski definition) is 1. The Hall–Kier alpha value is -2.15. The molecule has 4 heteroatoms. The first kappa shape index (κ1) is 9.93. The summed E-state index contributed by atoms with van der Waals surface area (Å²) in [5.74, 6) is -1.74. The van der Waals surface area contributed by atoms with Crippen molar-refractivity contribution in [3.05, 3.63) is 41.7 Å². The second-order valence-electron chi connectivity index (χ2n) is 2.52. The lowest BCUT2D eigenvalue weighted by Gasteiger charge is -1.96. The van der Waals surface area contributed by atoms with E-state index >= 15 is 0 Å². The number of nitrogens with zero attached hydrogens (tertiary/aromatic N) is 1. The molecule has 0 saturated carbocycles. The van der Waals surface area contributed by atoms with Crippen LogP contribution in [-0.2, 0) is 4.79 Å². The van der Waals surface area contributed by atoms with E-state index in [0.717, 1.165) is 12.1 Å². The highest BCUT2D eigenvalue weighted by molar-refractivity contribution is 5.94. The number of benzene rings is 1. The Balaban J connectivity index is 3.15. The Morgan fingerprint density at radius 1 is 1.57 bits per heavy atom. The monoisotopic (exact) mass is 191 g/mol. The average Bonchev–Trinajstić information content (AvgIpc) is 2.14. The maximum atomic E-state index is 12.7. The van der Waals surface area contributed by atoms with Crippen LogP contribution in [0.3, 0.4) is 0 Å². The summed E-state index contributed by atoms with van der Waals surface area (Å²) in [7, 11) is 0. The van der Waals surface area contributed by atoms with Gasteiger partial charge in [0.2, 0.25) is 0 Å². The molecule has 0 aliphatic carbocycles. The van der Waals surface area contributed by atoms with Crippen LogP contribution in [-0.4, -0.2) is 11.1 Å². The van der Waals surface area contributed by atoms with Gasteiger partial charge in [-0.15, -0.1) is 0 Å². The fourth-order valence-electron chi connectivity index (χ4n) is 0.960. The van der Waals surface area contributed by atoms with Crippen LogP contribution in [0, 0.1) is 17.1 Å². The minimum Gasteiger partial charge on any atom is -0.478 e. The topological polar surface area (TPSA) is 61.1 Å². The number of nitriles is 1. The van der Waals surface area contributed by atoms with Crippen LogP contribution in [0.25, 0.3) is 5.57 Å². The van der Waals surface area contributed by atoms with E-state index in [0.29, 0.717) is 0 Å². The Kier molecular flexibility index (Phi) is 2.97. The number of carboxylic acids is 1. The third kappa shape index (κ3) is 2.42. The minimum absolute atomic E-state index is 0.0722. The van der Waals surface area contributed by atoms with Gasteiger partial charge in [-0.3, -0.25) is 0 Å². The van der Waals surface area contributed by atoms with Crippen molar-refractivity contribution in [1.29, 1.82) is 5.26 Å². The quantitative estimate of drug-likeness (QED) is 0.572. The molecule has 70 valence electrons. The predicted octanol–water partition coefficient (Wildman–Crippen LogP) is 1.82. The van der Waals surface area contributed by atoms with Crippen LogP contribution in [0.5, 0.6) is 0 Å². The SMILES string of the molecule is N#CC(=CC(=O)O)c1cccc(F)c1. The van der Waals surface area contributed by atoms with E-state index < -0.39 is 11.8 Å². The van der Waals surface area contributed by atoms with Crippen molar-refractivity contribution in [3.63, 3.8) is 0 Å². The van der Waals surface area contributed by atoms with E-state index in [9.17, 15) is 9.18 Å². The molecule has 1 aromatic rings. The minimum atomic E-state index is -1.23. The van der Waals surface area contributed by atoms with Crippen molar-refractivity contribution < 1.29 is 14.3 Å². The Morgan fingerprint density at radius 2 is 2.29 bits per heavy atom. The van der Waals surface area contributed by atoms with Gasteiger partial charge in [0.15, 0.2) is 0 Å². The Labute approximate surface area is 79.7 Å². The lowest BCUT2D eigenvalue weighted by molar-refractivity contribution is -0.131. The summed E-state index contributed by atoms with van der Waals surface area (Å²) in [6, 6.07) is 6.91. The van der Waals surface area contributed by atoms with Gasteiger partial charge < -0.3 is 5.11 Å². The lowest BCUT2D eigenvalue weighted by Crippen LogP contribution is -1.91. The number of allylic oxidation sites excluding steroid dienone is 1.